The summed E-state index contributed by atoms with van der Waals surface area (Å²) in [6, 6.07) is 14.4. The summed E-state index contributed by atoms with van der Waals surface area (Å²) in [6.07, 6.45) is 0.100. The minimum absolute atomic E-state index is 0. The molecule has 2 N–H and O–H groups in total. The number of nitrogens with one attached hydrogen (secondary N) is 1. The molecule has 0 saturated carbocycles. The average molecular weight is 491 g/mol. The molecule has 0 bridgehead atoms. The van der Waals surface area contributed by atoms with Crippen molar-refractivity contribution in [1.82, 2.24) is 5.32 Å². The van der Waals surface area contributed by atoms with E-state index in [4.69, 9.17) is 11.6 Å². The van der Waals surface area contributed by atoms with Crippen LogP contribution in [0.1, 0.15) is 44.9 Å². The lowest BCUT2D eigenvalue weighted by molar-refractivity contribution is 0.170. The lowest BCUT2D eigenvalue weighted by Crippen LogP contribution is -2.32. The molecular formula is C21H29BrClNO3S. The third kappa shape index (κ3) is 6.56. The first-order valence-corrected chi connectivity index (χ1v) is 10.9. The number of benzene rings is 2. The largest absolute Gasteiger partial charge is 0.387 e. The molecule has 0 radical (unpaired) electrons. The first kappa shape index (κ1) is 25.1. The van der Waals surface area contributed by atoms with Gasteiger partial charge in [-0.25, -0.2) is 8.42 Å². The molecule has 2 aromatic rings. The zero-order valence-corrected chi connectivity index (χ0v) is 19.9. The number of rotatable bonds is 7. The van der Waals surface area contributed by atoms with E-state index in [-0.39, 0.29) is 23.0 Å². The SMILES string of the molecule is Br.CC(Cc1ccc(S(=O)(=O)C(C)(C)C)cc1)NCC(O)c1cccc(Cl)c1. The minimum Gasteiger partial charge on any atom is -0.387 e. The van der Waals surface area contributed by atoms with Crippen molar-refractivity contribution in [3.05, 3.63) is 64.7 Å². The molecule has 2 aromatic carbocycles. The summed E-state index contributed by atoms with van der Waals surface area (Å²) in [6.45, 7) is 7.55. The maximum absolute atomic E-state index is 12.5. The van der Waals surface area contributed by atoms with Gasteiger partial charge in [-0.1, -0.05) is 35.9 Å². The van der Waals surface area contributed by atoms with Gasteiger partial charge in [-0.3, -0.25) is 0 Å². The van der Waals surface area contributed by atoms with Crippen LogP contribution in [0.2, 0.25) is 5.02 Å². The van der Waals surface area contributed by atoms with Crippen molar-refractivity contribution in [2.75, 3.05) is 6.54 Å². The van der Waals surface area contributed by atoms with Gasteiger partial charge in [0.2, 0.25) is 0 Å². The van der Waals surface area contributed by atoms with Crippen LogP contribution in [0.3, 0.4) is 0 Å². The third-order valence-electron chi connectivity index (χ3n) is 4.47. The van der Waals surface area contributed by atoms with Crippen molar-refractivity contribution >= 4 is 38.4 Å². The first-order chi connectivity index (χ1) is 12.5. The van der Waals surface area contributed by atoms with E-state index in [0.717, 1.165) is 17.5 Å². The molecule has 156 valence electrons. The van der Waals surface area contributed by atoms with Gasteiger partial charge in [-0.15, -0.1) is 17.0 Å². The Bertz CT molecular complexity index is 864. The molecule has 28 heavy (non-hydrogen) atoms. The molecule has 2 unspecified atom stereocenters. The van der Waals surface area contributed by atoms with E-state index in [1.165, 1.54) is 0 Å². The molecule has 2 atom stereocenters. The smallest absolute Gasteiger partial charge is 0.183 e. The quantitative estimate of drug-likeness (QED) is 0.588. The second-order valence-electron chi connectivity index (χ2n) is 7.84. The van der Waals surface area contributed by atoms with Crippen molar-refractivity contribution < 1.29 is 13.5 Å². The predicted octanol–water partition coefficient (Wildman–Crippen LogP) is 4.74. The molecule has 0 heterocycles. The molecule has 0 aliphatic heterocycles. The summed E-state index contributed by atoms with van der Waals surface area (Å²) in [5, 5.41) is 14.2. The van der Waals surface area contributed by atoms with E-state index >= 15 is 0 Å². The fraction of sp³-hybridized carbons (Fsp3) is 0.429. The fourth-order valence-electron chi connectivity index (χ4n) is 2.73. The average Bonchev–Trinajstić information content (AvgIpc) is 2.59. The number of aliphatic hydroxyl groups is 1. The molecule has 0 amide bonds. The van der Waals surface area contributed by atoms with E-state index in [1.54, 1.807) is 45.0 Å². The van der Waals surface area contributed by atoms with Crippen LogP contribution in [0.25, 0.3) is 0 Å². The molecule has 0 aliphatic rings. The standard InChI is InChI=1S/C21H28ClNO3S.BrH/c1-15(23-14-20(24)17-6-5-7-18(22)13-17)12-16-8-10-19(11-9-16)27(25,26)21(2,3)4;/h5-11,13,15,20,23-24H,12,14H2,1-4H3;1H. The molecule has 0 saturated heterocycles. The monoisotopic (exact) mass is 489 g/mol. The molecule has 4 nitrogen and oxygen atoms in total. The van der Waals surface area contributed by atoms with E-state index in [1.807, 2.05) is 31.2 Å². The second kappa shape index (κ2) is 10.2. The summed E-state index contributed by atoms with van der Waals surface area (Å²) < 4.78 is 24.1. The number of hydrogen-bond acceptors (Lipinski definition) is 4. The van der Waals surface area contributed by atoms with Crippen LogP contribution >= 0.6 is 28.6 Å². The number of aliphatic hydroxyl groups excluding tert-OH is 1. The van der Waals surface area contributed by atoms with Crippen LogP contribution in [0.4, 0.5) is 0 Å². The Morgan fingerprint density at radius 3 is 2.25 bits per heavy atom. The predicted molar refractivity (Wildman–Crippen MR) is 121 cm³/mol. The summed E-state index contributed by atoms with van der Waals surface area (Å²) >= 11 is 5.96. The Hall–Kier alpha value is -0.920. The zero-order valence-electron chi connectivity index (χ0n) is 16.6. The Labute approximate surface area is 184 Å². The van der Waals surface area contributed by atoms with Crippen molar-refractivity contribution in [2.45, 2.75) is 55.9 Å². The number of hydrogen-bond donors (Lipinski definition) is 2. The van der Waals surface area contributed by atoms with Gasteiger partial charge in [-0.05, 0) is 69.5 Å². The molecule has 0 spiro atoms. The highest BCUT2D eigenvalue weighted by Crippen LogP contribution is 2.25. The van der Waals surface area contributed by atoms with Gasteiger partial charge >= 0.3 is 0 Å². The highest BCUT2D eigenvalue weighted by molar-refractivity contribution is 8.93. The van der Waals surface area contributed by atoms with Crippen LogP contribution in [-0.2, 0) is 16.3 Å². The molecule has 2 rings (SSSR count). The Morgan fingerprint density at radius 1 is 1.11 bits per heavy atom. The van der Waals surface area contributed by atoms with Crippen molar-refractivity contribution in [2.24, 2.45) is 0 Å². The molecule has 0 fully saturated rings. The van der Waals surface area contributed by atoms with Gasteiger partial charge < -0.3 is 10.4 Å². The van der Waals surface area contributed by atoms with E-state index in [0.29, 0.717) is 16.5 Å². The Balaban J connectivity index is 0.00000392. The lowest BCUT2D eigenvalue weighted by atomic mass is 10.1. The summed E-state index contributed by atoms with van der Waals surface area (Å²) in [7, 11) is -3.34. The van der Waals surface area contributed by atoms with Gasteiger partial charge in [0.1, 0.15) is 0 Å². The van der Waals surface area contributed by atoms with Crippen molar-refractivity contribution in [3.63, 3.8) is 0 Å². The van der Waals surface area contributed by atoms with Crippen LogP contribution in [0, 0.1) is 0 Å². The minimum atomic E-state index is -3.34. The van der Waals surface area contributed by atoms with E-state index < -0.39 is 20.7 Å². The second-order valence-corrected chi connectivity index (χ2v) is 11.0. The third-order valence-corrected chi connectivity index (χ3v) is 7.22. The Kier molecular flexibility index (Phi) is 9.16. The number of halogens is 2. The molecule has 7 heteroatoms. The van der Waals surface area contributed by atoms with Gasteiger partial charge in [0.05, 0.1) is 15.7 Å². The molecule has 0 aromatic heterocycles. The summed E-state index contributed by atoms with van der Waals surface area (Å²) in [5.74, 6) is 0. The first-order valence-electron chi connectivity index (χ1n) is 9.01. The summed E-state index contributed by atoms with van der Waals surface area (Å²) in [4.78, 5) is 0.343. The van der Waals surface area contributed by atoms with Crippen LogP contribution < -0.4 is 5.32 Å². The zero-order chi connectivity index (χ0) is 20.2. The van der Waals surface area contributed by atoms with Crippen LogP contribution in [0.5, 0.6) is 0 Å². The van der Waals surface area contributed by atoms with E-state index in [2.05, 4.69) is 5.32 Å². The highest BCUT2D eigenvalue weighted by Gasteiger charge is 2.30. The highest BCUT2D eigenvalue weighted by atomic mass is 79.9. The summed E-state index contributed by atoms with van der Waals surface area (Å²) in [5.41, 5.74) is 1.82. The van der Waals surface area contributed by atoms with Crippen molar-refractivity contribution in [3.8, 4) is 0 Å². The van der Waals surface area contributed by atoms with Gasteiger partial charge in [0, 0.05) is 17.6 Å². The van der Waals surface area contributed by atoms with Crippen LogP contribution in [-0.4, -0.2) is 30.9 Å². The normalized spacial score (nSPS) is 14.2. The Morgan fingerprint density at radius 2 is 1.71 bits per heavy atom. The van der Waals surface area contributed by atoms with Crippen molar-refractivity contribution in [1.29, 1.82) is 0 Å². The topological polar surface area (TPSA) is 66.4 Å². The van der Waals surface area contributed by atoms with Crippen LogP contribution in [0.15, 0.2) is 53.4 Å². The maximum Gasteiger partial charge on any atom is 0.183 e. The van der Waals surface area contributed by atoms with Gasteiger partial charge in [0.25, 0.3) is 0 Å². The molecule has 0 aliphatic carbocycles. The lowest BCUT2D eigenvalue weighted by Gasteiger charge is -2.20. The van der Waals surface area contributed by atoms with Gasteiger partial charge in [-0.2, -0.15) is 0 Å². The maximum atomic E-state index is 12.5. The van der Waals surface area contributed by atoms with Gasteiger partial charge in [0.15, 0.2) is 9.84 Å². The molecular weight excluding hydrogens is 462 g/mol. The number of sulfone groups is 1. The van der Waals surface area contributed by atoms with E-state index in [9.17, 15) is 13.5 Å². The fourth-order valence-corrected chi connectivity index (χ4v) is 4.13.